The summed E-state index contributed by atoms with van der Waals surface area (Å²) in [6.45, 7) is 8.88. The molecule has 26 heavy (non-hydrogen) atoms. The molecule has 0 aliphatic carbocycles. The Kier molecular flexibility index (Phi) is 6.52. The molecule has 0 unspecified atom stereocenters. The first kappa shape index (κ1) is 19.6. The maximum Gasteiger partial charge on any atom is 0.282 e. The van der Waals surface area contributed by atoms with Gasteiger partial charge in [0.05, 0.1) is 0 Å². The van der Waals surface area contributed by atoms with Gasteiger partial charge < -0.3 is 9.64 Å². The molecule has 2 aliphatic rings. The molecule has 146 valence electrons. The summed E-state index contributed by atoms with van der Waals surface area (Å²) >= 11 is 0. The van der Waals surface area contributed by atoms with E-state index < -0.39 is 10.2 Å². The molecule has 0 radical (unpaired) electrons. The van der Waals surface area contributed by atoms with E-state index in [0.29, 0.717) is 32.8 Å². The van der Waals surface area contributed by atoms with Crippen molar-refractivity contribution in [1.82, 2.24) is 18.4 Å². The van der Waals surface area contributed by atoms with Crippen LogP contribution in [-0.4, -0.2) is 99.4 Å². The molecule has 0 bridgehead atoms. The average molecular weight is 383 g/mol. The Labute approximate surface area is 157 Å². The number of piperazine rings is 2. The Hall–Kier alpha value is -1.19. The van der Waals surface area contributed by atoms with Gasteiger partial charge in [-0.3, -0.25) is 4.90 Å². The normalized spacial score (nSPS) is 21.8. The second kappa shape index (κ2) is 8.67. The monoisotopic (exact) mass is 382 g/mol. The Morgan fingerprint density at radius 2 is 1.58 bits per heavy atom. The highest BCUT2D eigenvalue weighted by atomic mass is 32.2. The van der Waals surface area contributed by atoms with Crippen LogP contribution in [0.1, 0.15) is 5.56 Å². The molecule has 2 saturated heterocycles. The van der Waals surface area contributed by atoms with E-state index in [-0.39, 0.29) is 0 Å². The zero-order chi connectivity index (χ0) is 18.6. The first-order chi connectivity index (χ1) is 12.4. The highest BCUT2D eigenvalue weighted by Gasteiger charge is 2.33. The van der Waals surface area contributed by atoms with E-state index >= 15 is 0 Å². The molecule has 0 N–H and O–H groups in total. The van der Waals surface area contributed by atoms with Crippen LogP contribution in [0.5, 0.6) is 5.75 Å². The zero-order valence-electron chi connectivity index (χ0n) is 15.8. The van der Waals surface area contributed by atoms with Gasteiger partial charge in [0.1, 0.15) is 12.4 Å². The molecule has 2 heterocycles. The lowest BCUT2D eigenvalue weighted by Gasteiger charge is -2.39. The van der Waals surface area contributed by atoms with Gasteiger partial charge in [-0.15, -0.1) is 0 Å². The fourth-order valence-corrected chi connectivity index (χ4v) is 4.94. The molecular formula is C18H30N4O3S. The number of hydrogen-bond acceptors (Lipinski definition) is 5. The first-order valence-corrected chi connectivity index (χ1v) is 10.7. The SMILES string of the molecule is Cc1cccc(OCCN2CCN(S(=O)(=O)N3CCN(C)CC3)CC2)c1. The topological polar surface area (TPSA) is 56.3 Å². The predicted octanol–water partition coefficient (Wildman–Crippen LogP) is 0.484. The molecule has 8 heteroatoms. The summed E-state index contributed by atoms with van der Waals surface area (Å²) < 4.78 is 34.6. The summed E-state index contributed by atoms with van der Waals surface area (Å²) in [6.07, 6.45) is 0. The van der Waals surface area contributed by atoms with Gasteiger partial charge >= 0.3 is 0 Å². The third kappa shape index (κ3) is 4.95. The van der Waals surface area contributed by atoms with Crippen molar-refractivity contribution in [3.8, 4) is 5.75 Å². The Balaban J connectivity index is 1.42. The molecule has 2 fully saturated rings. The quantitative estimate of drug-likeness (QED) is 0.717. The van der Waals surface area contributed by atoms with Crippen LogP contribution < -0.4 is 4.74 Å². The van der Waals surface area contributed by atoms with Crippen LogP contribution >= 0.6 is 0 Å². The fraction of sp³-hybridized carbons (Fsp3) is 0.667. The summed E-state index contributed by atoms with van der Waals surface area (Å²) in [5.41, 5.74) is 1.19. The molecule has 0 atom stereocenters. The summed E-state index contributed by atoms with van der Waals surface area (Å²) in [4.78, 5) is 4.43. The summed E-state index contributed by atoms with van der Waals surface area (Å²) in [5.74, 6) is 0.890. The van der Waals surface area contributed by atoms with Gasteiger partial charge in [0, 0.05) is 58.9 Å². The number of benzene rings is 1. The lowest BCUT2D eigenvalue weighted by atomic mass is 10.2. The minimum Gasteiger partial charge on any atom is -0.492 e. The van der Waals surface area contributed by atoms with E-state index in [4.69, 9.17) is 4.74 Å². The van der Waals surface area contributed by atoms with Crippen molar-refractivity contribution in [2.45, 2.75) is 6.92 Å². The third-order valence-corrected chi connectivity index (χ3v) is 7.15. The van der Waals surface area contributed by atoms with E-state index in [9.17, 15) is 8.42 Å². The van der Waals surface area contributed by atoms with Crippen molar-refractivity contribution < 1.29 is 13.2 Å². The van der Waals surface area contributed by atoms with Crippen LogP contribution in [0.3, 0.4) is 0 Å². The van der Waals surface area contributed by atoms with E-state index in [1.807, 2.05) is 38.2 Å². The molecule has 0 saturated carbocycles. The second-order valence-corrected chi connectivity index (χ2v) is 9.04. The van der Waals surface area contributed by atoms with Crippen LogP contribution in [0.4, 0.5) is 0 Å². The van der Waals surface area contributed by atoms with E-state index in [2.05, 4.69) is 9.80 Å². The Morgan fingerprint density at radius 1 is 0.962 bits per heavy atom. The largest absolute Gasteiger partial charge is 0.492 e. The van der Waals surface area contributed by atoms with Gasteiger partial charge in [0.2, 0.25) is 0 Å². The van der Waals surface area contributed by atoms with Crippen LogP contribution in [0.15, 0.2) is 24.3 Å². The standard InChI is InChI=1S/C18H30N4O3S/c1-17-4-3-5-18(16-17)25-15-14-20-8-12-22(13-9-20)26(23,24)21-10-6-19(2)7-11-21/h3-5,16H,6-15H2,1-2H3. The third-order valence-electron chi connectivity index (χ3n) is 5.11. The maximum absolute atomic E-state index is 12.8. The highest BCUT2D eigenvalue weighted by Crippen LogP contribution is 2.15. The van der Waals surface area contributed by atoms with Crippen molar-refractivity contribution in [3.63, 3.8) is 0 Å². The van der Waals surface area contributed by atoms with E-state index in [1.54, 1.807) is 8.61 Å². The van der Waals surface area contributed by atoms with Gasteiger partial charge in [0.25, 0.3) is 10.2 Å². The van der Waals surface area contributed by atoms with Crippen molar-refractivity contribution in [2.75, 3.05) is 72.6 Å². The van der Waals surface area contributed by atoms with Gasteiger partial charge in [0.15, 0.2) is 0 Å². The average Bonchev–Trinajstić information content (AvgIpc) is 2.63. The zero-order valence-corrected chi connectivity index (χ0v) is 16.6. The minimum atomic E-state index is -3.32. The molecule has 0 spiro atoms. The van der Waals surface area contributed by atoms with E-state index in [1.165, 1.54) is 5.56 Å². The molecular weight excluding hydrogens is 352 g/mol. The smallest absolute Gasteiger partial charge is 0.282 e. The molecule has 0 aromatic heterocycles. The maximum atomic E-state index is 12.8. The van der Waals surface area contributed by atoms with Crippen molar-refractivity contribution in [1.29, 1.82) is 0 Å². The summed E-state index contributed by atoms with van der Waals surface area (Å²) in [6, 6.07) is 8.04. The summed E-state index contributed by atoms with van der Waals surface area (Å²) in [5, 5.41) is 0. The van der Waals surface area contributed by atoms with Gasteiger partial charge in [-0.25, -0.2) is 0 Å². The Bertz CT molecular complexity index is 681. The number of rotatable bonds is 6. The number of aryl methyl sites for hydroxylation is 1. The summed E-state index contributed by atoms with van der Waals surface area (Å²) in [7, 11) is -1.29. The van der Waals surface area contributed by atoms with Crippen LogP contribution in [0, 0.1) is 6.92 Å². The van der Waals surface area contributed by atoms with E-state index in [0.717, 1.165) is 38.5 Å². The molecule has 3 rings (SSSR count). The molecule has 1 aromatic carbocycles. The van der Waals surface area contributed by atoms with Gasteiger partial charge in [-0.1, -0.05) is 12.1 Å². The van der Waals surface area contributed by atoms with Crippen LogP contribution in [0.25, 0.3) is 0 Å². The molecule has 0 amide bonds. The van der Waals surface area contributed by atoms with Crippen LogP contribution in [-0.2, 0) is 10.2 Å². The highest BCUT2D eigenvalue weighted by molar-refractivity contribution is 7.86. The molecule has 7 nitrogen and oxygen atoms in total. The van der Waals surface area contributed by atoms with Gasteiger partial charge in [-0.05, 0) is 31.7 Å². The van der Waals surface area contributed by atoms with Gasteiger partial charge in [-0.2, -0.15) is 17.0 Å². The fourth-order valence-electron chi connectivity index (χ4n) is 3.36. The predicted molar refractivity (Wildman–Crippen MR) is 103 cm³/mol. The number of nitrogens with zero attached hydrogens (tertiary/aromatic N) is 4. The lowest BCUT2D eigenvalue weighted by Crippen LogP contribution is -2.56. The lowest BCUT2D eigenvalue weighted by molar-refractivity contribution is 0.149. The molecule has 1 aromatic rings. The van der Waals surface area contributed by atoms with Crippen LogP contribution in [0.2, 0.25) is 0 Å². The van der Waals surface area contributed by atoms with Crippen molar-refractivity contribution in [3.05, 3.63) is 29.8 Å². The number of ether oxygens (including phenoxy) is 1. The second-order valence-electron chi connectivity index (χ2n) is 7.12. The first-order valence-electron chi connectivity index (χ1n) is 9.31. The Morgan fingerprint density at radius 3 is 2.19 bits per heavy atom. The number of likely N-dealkylation sites (N-methyl/N-ethyl adjacent to an activating group) is 1. The van der Waals surface area contributed by atoms with Crippen molar-refractivity contribution in [2.24, 2.45) is 0 Å². The molecule has 2 aliphatic heterocycles. The number of hydrogen-bond donors (Lipinski definition) is 0. The minimum absolute atomic E-state index is 0.555. The van der Waals surface area contributed by atoms with Crippen molar-refractivity contribution >= 4 is 10.2 Å².